The molecule has 2 aliphatic carbocycles. The summed E-state index contributed by atoms with van der Waals surface area (Å²) < 4.78 is 21.8. The van der Waals surface area contributed by atoms with Crippen molar-refractivity contribution in [3.8, 4) is 0 Å². The van der Waals surface area contributed by atoms with Gasteiger partial charge in [0, 0.05) is 38.5 Å². The van der Waals surface area contributed by atoms with Gasteiger partial charge >= 0.3 is 0 Å². The minimum Gasteiger partial charge on any atom is -0.381 e. The molecule has 0 aliphatic heterocycles. The number of methoxy groups -OCH3 is 1. The van der Waals surface area contributed by atoms with Crippen molar-refractivity contribution in [2.75, 3.05) is 24.8 Å². The zero-order valence-electron chi connectivity index (χ0n) is 19.1. The van der Waals surface area contributed by atoms with Crippen LogP contribution < -0.4 is 21.5 Å². The number of rotatable bonds is 7. The van der Waals surface area contributed by atoms with E-state index in [1.54, 1.807) is 47.6 Å². The average molecular weight is 470 g/mol. The number of pyridine rings is 1. The van der Waals surface area contributed by atoms with Crippen molar-refractivity contribution < 1.29 is 13.9 Å². The monoisotopic (exact) mass is 469 g/mol. The number of alkyl halides is 1. The zero-order valence-corrected chi connectivity index (χ0v) is 19.1. The minimum absolute atomic E-state index is 0.0377. The Bertz CT molecular complexity index is 1270. The number of nitrogens with one attached hydrogen (secondary N) is 3. The first-order valence-electron chi connectivity index (χ1n) is 11.5. The Morgan fingerprint density at radius 2 is 2.09 bits per heavy atom. The number of fused-ring (bicyclic) bond motifs is 1. The minimum atomic E-state index is -0.855. The van der Waals surface area contributed by atoms with Gasteiger partial charge in [0.1, 0.15) is 29.1 Å². The second-order valence-corrected chi connectivity index (χ2v) is 8.89. The van der Waals surface area contributed by atoms with Crippen LogP contribution in [0.25, 0.3) is 5.65 Å². The van der Waals surface area contributed by atoms with Crippen molar-refractivity contribution in [2.45, 2.75) is 56.5 Å². The molecule has 1 amide bonds. The maximum atomic E-state index is 13.3. The molecule has 0 radical (unpaired) electrons. The van der Waals surface area contributed by atoms with Crippen molar-refractivity contribution in [3.63, 3.8) is 0 Å². The Kier molecular flexibility index (Phi) is 5.94. The first-order chi connectivity index (χ1) is 16.5. The number of carbonyl (C=O) groups is 1. The van der Waals surface area contributed by atoms with Gasteiger partial charge in [0.25, 0.3) is 11.5 Å². The van der Waals surface area contributed by atoms with Crippen LogP contribution in [0.15, 0.2) is 35.4 Å². The van der Waals surface area contributed by atoms with Crippen LogP contribution in [0.3, 0.4) is 0 Å². The van der Waals surface area contributed by atoms with E-state index in [1.807, 2.05) is 0 Å². The Balaban J connectivity index is 1.42. The van der Waals surface area contributed by atoms with E-state index in [2.05, 4.69) is 26.0 Å². The Morgan fingerprint density at radius 1 is 1.26 bits per heavy atom. The molecule has 11 heteroatoms. The normalized spacial score (nSPS) is 24.1. The van der Waals surface area contributed by atoms with Gasteiger partial charge in [-0.05, 0) is 44.2 Å². The summed E-state index contributed by atoms with van der Waals surface area (Å²) in [6.45, 7) is 0. The molecule has 0 unspecified atom stereocenters. The summed E-state index contributed by atoms with van der Waals surface area (Å²) in [5, 5.41) is 13.5. The van der Waals surface area contributed by atoms with Gasteiger partial charge in [-0.1, -0.05) is 0 Å². The van der Waals surface area contributed by atoms with E-state index >= 15 is 0 Å². The Morgan fingerprint density at radius 3 is 2.79 bits per heavy atom. The van der Waals surface area contributed by atoms with Crippen LogP contribution in [0.2, 0.25) is 0 Å². The fourth-order valence-corrected chi connectivity index (χ4v) is 4.69. The third-order valence-electron chi connectivity index (χ3n) is 6.71. The van der Waals surface area contributed by atoms with E-state index in [-0.39, 0.29) is 29.7 Å². The maximum Gasteiger partial charge on any atom is 0.274 e. The molecule has 5 rings (SSSR count). The summed E-state index contributed by atoms with van der Waals surface area (Å²) >= 11 is 0. The van der Waals surface area contributed by atoms with Gasteiger partial charge in [-0.3, -0.25) is 9.59 Å². The summed E-state index contributed by atoms with van der Waals surface area (Å²) in [5.41, 5.74) is 0.789. The summed E-state index contributed by atoms with van der Waals surface area (Å²) in [7, 11) is 3.42. The van der Waals surface area contributed by atoms with Crippen molar-refractivity contribution in [1.82, 2.24) is 24.5 Å². The predicted molar refractivity (Wildman–Crippen MR) is 126 cm³/mol. The quantitative estimate of drug-likeness (QED) is 0.487. The molecule has 34 heavy (non-hydrogen) atoms. The lowest BCUT2D eigenvalue weighted by molar-refractivity contribution is 0.0916. The van der Waals surface area contributed by atoms with E-state index in [0.717, 1.165) is 19.3 Å². The van der Waals surface area contributed by atoms with Crippen LogP contribution >= 0.6 is 0 Å². The molecule has 180 valence electrons. The molecule has 2 saturated carbocycles. The number of aromatic nitrogens is 4. The third-order valence-corrected chi connectivity index (χ3v) is 6.71. The lowest BCUT2D eigenvalue weighted by atomic mass is 9.90. The topological polar surface area (TPSA) is 115 Å². The smallest absolute Gasteiger partial charge is 0.274 e. The van der Waals surface area contributed by atoms with E-state index < -0.39 is 6.17 Å². The summed E-state index contributed by atoms with van der Waals surface area (Å²) in [6, 6.07) is 5.02. The number of hydrogen-bond donors (Lipinski definition) is 3. The maximum absolute atomic E-state index is 13.3. The summed E-state index contributed by atoms with van der Waals surface area (Å²) in [5.74, 6) is 0.734. The predicted octanol–water partition coefficient (Wildman–Crippen LogP) is 2.65. The average Bonchev–Trinajstić information content (AvgIpc) is 3.45. The molecule has 3 heterocycles. The van der Waals surface area contributed by atoms with Crippen molar-refractivity contribution >= 4 is 28.9 Å². The van der Waals surface area contributed by atoms with Crippen LogP contribution in [0.4, 0.5) is 21.7 Å². The van der Waals surface area contributed by atoms with Gasteiger partial charge in [0.15, 0.2) is 5.65 Å². The Labute approximate surface area is 195 Å². The molecule has 2 fully saturated rings. The number of amides is 1. The first kappa shape index (κ1) is 22.3. The second-order valence-electron chi connectivity index (χ2n) is 8.89. The highest BCUT2D eigenvalue weighted by Gasteiger charge is 2.31. The highest BCUT2D eigenvalue weighted by atomic mass is 19.1. The molecular formula is C23H28FN7O3. The van der Waals surface area contributed by atoms with E-state index in [9.17, 15) is 14.0 Å². The van der Waals surface area contributed by atoms with Gasteiger partial charge in [-0.15, -0.1) is 0 Å². The molecule has 0 bridgehead atoms. The molecule has 2 atom stereocenters. The largest absolute Gasteiger partial charge is 0.381 e. The first-order valence-corrected chi connectivity index (χ1v) is 11.5. The fourth-order valence-electron chi connectivity index (χ4n) is 4.69. The van der Waals surface area contributed by atoms with Crippen LogP contribution in [-0.4, -0.2) is 57.5 Å². The van der Waals surface area contributed by atoms with E-state index in [4.69, 9.17) is 4.74 Å². The van der Waals surface area contributed by atoms with Gasteiger partial charge in [-0.2, -0.15) is 9.61 Å². The van der Waals surface area contributed by atoms with E-state index in [1.165, 1.54) is 6.20 Å². The lowest BCUT2D eigenvalue weighted by Gasteiger charge is -2.31. The fraction of sp³-hybridized carbons (Fsp3) is 0.478. The number of nitrogens with zero attached hydrogens (tertiary/aromatic N) is 4. The summed E-state index contributed by atoms with van der Waals surface area (Å²) in [4.78, 5) is 30.5. The Hall–Kier alpha value is -3.47. The van der Waals surface area contributed by atoms with Crippen LogP contribution in [-0.2, 0) is 4.74 Å². The molecule has 3 aromatic heterocycles. The molecule has 0 spiro atoms. The number of hydrogen-bond acceptors (Lipinski definition) is 7. The highest BCUT2D eigenvalue weighted by Crippen LogP contribution is 2.33. The molecule has 0 saturated heterocycles. The number of ether oxygens (including phenoxy) is 1. The SMILES string of the molecule is CNc1cc(Nc2cccn(C3CC(F)C3)c2=O)nc2c(C(=O)N[C@H]3CC[C@H](OC)C3)cnn12. The van der Waals surface area contributed by atoms with Crippen LogP contribution in [0, 0.1) is 0 Å². The highest BCUT2D eigenvalue weighted by molar-refractivity contribution is 6.00. The zero-order chi connectivity index (χ0) is 23.8. The van der Waals surface area contributed by atoms with Gasteiger partial charge in [-0.25, -0.2) is 9.37 Å². The molecule has 3 N–H and O–H groups in total. The van der Waals surface area contributed by atoms with Crippen LogP contribution in [0.1, 0.15) is 48.5 Å². The standard InChI is InChI=1S/C23H28FN7O3/c1-25-20-11-19(28-18-4-3-7-30(23(18)33)15-8-13(24)9-15)29-21-17(12-26-31(20)21)22(32)27-14-5-6-16(10-14)34-2/h3-4,7,11-16,25H,5-6,8-10H2,1-2H3,(H,27,32)(H,28,29)/t13?,14-,15?,16-/m0/s1. The number of halogens is 1. The molecule has 10 nitrogen and oxygen atoms in total. The second kappa shape index (κ2) is 9.05. The van der Waals surface area contributed by atoms with Gasteiger partial charge in [0.2, 0.25) is 0 Å². The summed E-state index contributed by atoms with van der Waals surface area (Å²) in [6.07, 6.45) is 5.70. The van der Waals surface area contributed by atoms with Crippen LogP contribution in [0.5, 0.6) is 0 Å². The third kappa shape index (κ3) is 4.11. The number of carbonyl (C=O) groups excluding carboxylic acids is 1. The van der Waals surface area contributed by atoms with Crippen molar-refractivity contribution in [3.05, 3.63) is 46.5 Å². The van der Waals surface area contributed by atoms with Crippen molar-refractivity contribution in [1.29, 1.82) is 0 Å². The van der Waals surface area contributed by atoms with E-state index in [0.29, 0.717) is 41.4 Å². The number of anilines is 3. The molecule has 2 aliphatic rings. The van der Waals surface area contributed by atoms with Gasteiger partial charge in [0.05, 0.1) is 12.3 Å². The molecule has 3 aromatic rings. The van der Waals surface area contributed by atoms with Gasteiger partial charge < -0.3 is 25.3 Å². The molecular weight excluding hydrogens is 441 g/mol. The van der Waals surface area contributed by atoms with Crippen molar-refractivity contribution in [2.24, 2.45) is 0 Å². The lowest BCUT2D eigenvalue weighted by Crippen LogP contribution is -2.35. The molecule has 0 aromatic carbocycles.